The second-order valence-electron chi connectivity index (χ2n) is 3.92. The van der Waals surface area contributed by atoms with Crippen LogP contribution in [0.15, 0.2) is 39.4 Å². The van der Waals surface area contributed by atoms with Crippen LogP contribution in [0.3, 0.4) is 0 Å². The summed E-state index contributed by atoms with van der Waals surface area (Å²) in [6, 6.07) is 7.44. The van der Waals surface area contributed by atoms with Gasteiger partial charge in [0.2, 0.25) is 0 Å². The highest BCUT2D eigenvalue weighted by Gasteiger charge is 2.07. The van der Waals surface area contributed by atoms with Crippen molar-refractivity contribution in [3.8, 4) is 0 Å². The third-order valence-electron chi connectivity index (χ3n) is 2.54. The van der Waals surface area contributed by atoms with Crippen molar-refractivity contribution >= 4 is 27.6 Å². The van der Waals surface area contributed by atoms with Gasteiger partial charge in [0.25, 0.3) is 0 Å². The van der Waals surface area contributed by atoms with Crippen LogP contribution in [0.4, 0.5) is 5.69 Å². The zero-order chi connectivity index (χ0) is 13.1. The van der Waals surface area contributed by atoms with Crippen LogP contribution in [0.1, 0.15) is 21.7 Å². The number of nitrogens with one attached hydrogen (secondary N) is 1. The van der Waals surface area contributed by atoms with Crippen molar-refractivity contribution in [1.29, 1.82) is 0 Å². The standard InChI is InChI=1S/C13H12BrNO3/c1-8-2-3-10(5-12(8)14)15-6-11-4-9(7-18-11)13(16)17/h2-5,7,15H,6H2,1H3,(H,16,17). The molecule has 0 fully saturated rings. The number of halogens is 1. The molecule has 0 bridgehead atoms. The predicted octanol–water partition coefficient (Wildman–Crippen LogP) is 3.66. The third-order valence-corrected chi connectivity index (χ3v) is 3.39. The Morgan fingerprint density at radius 2 is 2.22 bits per heavy atom. The summed E-state index contributed by atoms with van der Waals surface area (Å²) in [7, 11) is 0. The third kappa shape index (κ3) is 2.92. The van der Waals surface area contributed by atoms with Crippen molar-refractivity contribution < 1.29 is 14.3 Å². The molecule has 0 aliphatic carbocycles. The Morgan fingerprint density at radius 1 is 1.44 bits per heavy atom. The fourth-order valence-electron chi connectivity index (χ4n) is 1.48. The van der Waals surface area contributed by atoms with E-state index < -0.39 is 5.97 Å². The van der Waals surface area contributed by atoms with Crippen LogP contribution in [0.5, 0.6) is 0 Å². The first-order valence-corrected chi connectivity index (χ1v) is 6.16. The normalized spacial score (nSPS) is 10.3. The highest BCUT2D eigenvalue weighted by molar-refractivity contribution is 9.10. The van der Waals surface area contributed by atoms with Gasteiger partial charge in [0.05, 0.1) is 12.1 Å². The summed E-state index contributed by atoms with van der Waals surface area (Å²) >= 11 is 3.45. The molecular formula is C13H12BrNO3. The van der Waals surface area contributed by atoms with Gasteiger partial charge in [-0.05, 0) is 30.7 Å². The number of rotatable bonds is 4. The Morgan fingerprint density at radius 3 is 2.83 bits per heavy atom. The van der Waals surface area contributed by atoms with Crippen LogP contribution in [-0.2, 0) is 6.54 Å². The summed E-state index contributed by atoms with van der Waals surface area (Å²) in [6.45, 7) is 2.46. The van der Waals surface area contributed by atoms with Crippen LogP contribution in [0.25, 0.3) is 0 Å². The van der Waals surface area contributed by atoms with Crippen LogP contribution in [0, 0.1) is 6.92 Å². The molecule has 5 heteroatoms. The fraction of sp³-hybridized carbons (Fsp3) is 0.154. The summed E-state index contributed by atoms with van der Waals surface area (Å²) in [5.74, 6) is -0.396. The number of hydrogen-bond acceptors (Lipinski definition) is 3. The van der Waals surface area contributed by atoms with Crippen molar-refractivity contribution in [2.45, 2.75) is 13.5 Å². The average molecular weight is 310 g/mol. The molecule has 1 aromatic carbocycles. The summed E-state index contributed by atoms with van der Waals surface area (Å²) in [5, 5.41) is 11.9. The summed E-state index contributed by atoms with van der Waals surface area (Å²) < 4.78 is 6.17. The maximum Gasteiger partial charge on any atom is 0.338 e. The van der Waals surface area contributed by atoms with Gasteiger partial charge in [-0.3, -0.25) is 0 Å². The molecule has 0 radical (unpaired) electrons. The number of hydrogen-bond donors (Lipinski definition) is 2. The Hall–Kier alpha value is -1.75. The fourth-order valence-corrected chi connectivity index (χ4v) is 1.86. The molecule has 0 atom stereocenters. The van der Waals surface area contributed by atoms with Gasteiger partial charge in [-0.2, -0.15) is 0 Å². The minimum Gasteiger partial charge on any atom is -0.478 e. The Labute approximate surface area is 113 Å². The lowest BCUT2D eigenvalue weighted by Crippen LogP contribution is -1.98. The van der Waals surface area contributed by atoms with Crippen molar-refractivity contribution in [1.82, 2.24) is 0 Å². The largest absolute Gasteiger partial charge is 0.478 e. The number of carbonyl (C=O) groups is 1. The molecule has 2 rings (SSSR count). The molecule has 4 nitrogen and oxygen atoms in total. The molecule has 0 spiro atoms. The lowest BCUT2D eigenvalue weighted by atomic mass is 10.2. The summed E-state index contributed by atoms with van der Waals surface area (Å²) in [6.07, 6.45) is 1.24. The van der Waals surface area contributed by atoms with Crippen molar-refractivity contribution in [2.24, 2.45) is 0 Å². The number of benzene rings is 1. The second-order valence-corrected chi connectivity index (χ2v) is 4.78. The Balaban J connectivity index is 2.02. The van der Waals surface area contributed by atoms with E-state index >= 15 is 0 Å². The van der Waals surface area contributed by atoms with Crippen LogP contribution in [-0.4, -0.2) is 11.1 Å². The van der Waals surface area contributed by atoms with Gasteiger partial charge in [-0.1, -0.05) is 22.0 Å². The molecule has 0 amide bonds. The van der Waals surface area contributed by atoms with E-state index in [0.29, 0.717) is 12.3 Å². The van der Waals surface area contributed by atoms with Gasteiger partial charge < -0.3 is 14.8 Å². The first-order chi connectivity index (χ1) is 8.56. The van der Waals surface area contributed by atoms with E-state index in [4.69, 9.17) is 9.52 Å². The molecule has 94 valence electrons. The molecule has 2 N–H and O–H groups in total. The molecule has 18 heavy (non-hydrogen) atoms. The van der Waals surface area contributed by atoms with E-state index in [2.05, 4.69) is 21.2 Å². The van der Waals surface area contributed by atoms with E-state index in [1.165, 1.54) is 12.3 Å². The van der Waals surface area contributed by atoms with Gasteiger partial charge >= 0.3 is 5.97 Å². The van der Waals surface area contributed by atoms with Gasteiger partial charge in [-0.25, -0.2) is 4.79 Å². The number of aromatic carboxylic acids is 1. The monoisotopic (exact) mass is 309 g/mol. The first kappa shape index (κ1) is 12.7. The van der Waals surface area contributed by atoms with Gasteiger partial charge in [0, 0.05) is 10.2 Å². The average Bonchev–Trinajstić information content (AvgIpc) is 2.79. The Bertz CT molecular complexity index is 577. The highest BCUT2D eigenvalue weighted by atomic mass is 79.9. The smallest absolute Gasteiger partial charge is 0.338 e. The summed E-state index contributed by atoms with van der Waals surface area (Å²) in [5.41, 5.74) is 2.27. The molecule has 0 aliphatic heterocycles. The zero-order valence-electron chi connectivity index (χ0n) is 9.74. The lowest BCUT2D eigenvalue weighted by molar-refractivity contribution is 0.0696. The van der Waals surface area contributed by atoms with Crippen molar-refractivity contribution in [2.75, 3.05) is 5.32 Å². The van der Waals surface area contributed by atoms with E-state index in [0.717, 1.165) is 15.7 Å². The first-order valence-electron chi connectivity index (χ1n) is 5.37. The number of carboxylic acids is 1. The van der Waals surface area contributed by atoms with Crippen molar-refractivity contribution in [3.05, 3.63) is 51.9 Å². The van der Waals surface area contributed by atoms with E-state index in [-0.39, 0.29) is 5.56 Å². The molecule has 1 heterocycles. The molecule has 0 aliphatic rings. The van der Waals surface area contributed by atoms with Gasteiger partial charge in [-0.15, -0.1) is 0 Å². The zero-order valence-corrected chi connectivity index (χ0v) is 11.3. The molecule has 1 aromatic heterocycles. The Kier molecular flexibility index (Phi) is 3.72. The van der Waals surface area contributed by atoms with Crippen molar-refractivity contribution in [3.63, 3.8) is 0 Å². The predicted molar refractivity (Wildman–Crippen MR) is 71.9 cm³/mol. The molecule has 2 aromatic rings. The molecule has 0 saturated heterocycles. The molecular weight excluding hydrogens is 298 g/mol. The number of aryl methyl sites for hydroxylation is 1. The van der Waals surface area contributed by atoms with Crippen LogP contribution in [0.2, 0.25) is 0 Å². The number of furan rings is 1. The topological polar surface area (TPSA) is 62.5 Å². The second kappa shape index (κ2) is 5.27. The van der Waals surface area contributed by atoms with Crippen LogP contribution < -0.4 is 5.32 Å². The van der Waals surface area contributed by atoms with Crippen LogP contribution >= 0.6 is 15.9 Å². The molecule has 0 saturated carbocycles. The summed E-state index contributed by atoms with van der Waals surface area (Å²) in [4.78, 5) is 10.7. The highest BCUT2D eigenvalue weighted by Crippen LogP contribution is 2.21. The van der Waals surface area contributed by atoms with E-state index in [1.54, 1.807) is 0 Å². The minimum absolute atomic E-state index is 0.164. The lowest BCUT2D eigenvalue weighted by Gasteiger charge is -2.06. The molecule has 0 unspecified atom stereocenters. The number of carboxylic acid groups (broad SMARTS) is 1. The maximum atomic E-state index is 10.7. The van der Waals surface area contributed by atoms with E-state index in [9.17, 15) is 4.79 Å². The number of anilines is 1. The minimum atomic E-state index is -0.983. The SMILES string of the molecule is Cc1ccc(NCc2cc(C(=O)O)co2)cc1Br. The van der Waals surface area contributed by atoms with Gasteiger partial charge in [0.1, 0.15) is 12.0 Å². The quantitative estimate of drug-likeness (QED) is 0.904. The van der Waals surface area contributed by atoms with E-state index in [1.807, 2.05) is 25.1 Å². The van der Waals surface area contributed by atoms with Gasteiger partial charge in [0.15, 0.2) is 0 Å². The maximum absolute atomic E-state index is 10.7.